The molecular formula is C18H17N5O. The minimum Gasteiger partial charge on any atom is -0.347 e. The van der Waals surface area contributed by atoms with Crippen molar-refractivity contribution in [1.82, 2.24) is 25.5 Å². The van der Waals surface area contributed by atoms with Crippen molar-refractivity contribution in [3.63, 3.8) is 0 Å². The number of tetrazole rings is 1. The lowest BCUT2D eigenvalue weighted by Crippen LogP contribution is -2.27. The first-order chi connectivity index (χ1) is 11.7. The third-order valence-corrected chi connectivity index (χ3v) is 3.49. The van der Waals surface area contributed by atoms with Gasteiger partial charge in [-0.1, -0.05) is 60.7 Å². The molecule has 0 fully saturated rings. The summed E-state index contributed by atoms with van der Waals surface area (Å²) in [6.07, 6.45) is 1.77. The maximum absolute atomic E-state index is 12.7. The quantitative estimate of drug-likeness (QED) is 0.732. The van der Waals surface area contributed by atoms with Crippen LogP contribution in [0.2, 0.25) is 0 Å². The minimum absolute atomic E-state index is 0.238. The normalized spacial score (nSPS) is 11.3. The van der Waals surface area contributed by atoms with Crippen molar-refractivity contribution in [2.75, 3.05) is 0 Å². The van der Waals surface area contributed by atoms with Crippen LogP contribution in [0.25, 0.3) is 11.8 Å². The van der Waals surface area contributed by atoms with Gasteiger partial charge in [0.2, 0.25) is 0 Å². The van der Waals surface area contributed by atoms with Gasteiger partial charge in [0, 0.05) is 6.54 Å². The fraction of sp³-hybridized carbons (Fsp3) is 0.111. The Bertz CT molecular complexity index is 840. The van der Waals surface area contributed by atoms with E-state index in [0.717, 1.165) is 11.1 Å². The number of amides is 1. The van der Waals surface area contributed by atoms with Gasteiger partial charge in [-0.15, -0.1) is 5.10 Å². The Morgan fingerprint density at radius 1 is 1.08 bits per heavy atom. The molecule has 3 rings (SSSR count). The van der Waals surface area contributed by atoms with Gasteiger partial charge in [0.05, 0.1) is 0 Å². The van der Waals surface area contributed by atoms with Crippen molar-refractivity contribution in [1.29, 1.82) is 0 Å². The van der Waals surface area contributed by atoms with Crippen molar-refractivity contribution in [2.45, 2.75) is 13.5 Å². The van der Waals surface area contributed by atoms with Gasteiger partial charge in [0.25, 0.3) is 5.91 Å². The van der Waals surface area contributed by atoms with Gasteiger partial charge >= 0.3 is 0 Å². The number of hydrogen-bond acceptors (Lipinski definition) is 4. The molecule has 1 heterocycles. The number of nitrogens with one attached hydrogen (secondary N) is 1. The average Bonchev–Trinajstić information content (AvgIpc) is 3.05. The maximum atomic E-state index is 12.7. The van der Waals surface area contributed by atoms with Crippen LogP contribution in [0.15, 0.2) is 60.7 Å². The van der Waals surface area contributed by atoms with E-state index in [-0.39, 0.29) is 5.91 Å². The van der Waals surface area contributed by atoms with Gasteiger partial charge in [0.15, 0.2) is 5.82 Å². The highest BCUT2D eigenvalue weighted by Crippen LogP contribution is 2.12. The summed E-state index contributed by atoms with van der Waals surface area (Å²) in [6.45, 7) is 2.19. The molecule has 0 atom stereocenters. The highest BCUT2D eigenvalue weighted by atomic mass is 16.2. The molecule has 120 valence electrons. The van der Waals surface area contributed by atoms with Crippen molar-refractivity contribution < 1.29 is 4.79 Å². The first-order valence-corrected chi connectivity index (χ1v) is 7.58. The Labute approximate surface area is 139 Å². The number of hydrogen-bond donors (Lipinski definition) is 1. The summed E-state index contributed by atoms with van der Waals surface area (Å²) in [7, 11) is 0. The third kappa shape index (κ3) is 3.73. The Morgan fingerprint density at radius 2 is 1.75 bits per heavy atom. The fourth-order valence-electron chi connectivity index (χ4n) is 2.25. The summed E-state index contributed by atoms with van der Waals surface area (Å²) >= 11 is 0. The topological polar surface area (TPSA) is 72.7 Å². The summed E-state index contributed by atoms with van der Waals surface area (Å²) in [4.78, 5) is 12.7. The highest BCUT2D eigenvalue weighted by molar-refractivity contribution is 6.18. The molecule has 0 aliphatic rings. The second kappa shape index (κ2) is 7.32. The van der Waals surface area contributed by atoms with Crippen LogP contribution in [0.5, 0.6) is 0 Å². The van der Waals surface area contributed by atoms with E-state index in [1.807, 2.05) is 60.7 Å². The lowest BCUT2D eigenvalue weighted by molar-refractivity contribution is -0.116. The molecule has 0 spiro atoms. The zero-order valence-corrected chi connectivity index (χ0v) is 13.3. The molecule has 1 amide bonds. The van der Waals surface area contributed by atoms with Crippen LogP contribution in [-0.4, -0.2) is 26.1 Å². The van der Waals surface area contributed by atoms with E-state index in [4.69, 9.17) is 0 Å². The molecule has 0 bridgehead atoms. The number of aryl methyl sites for hydroxylation is 1. The molecule has 3 aromatic rings. The van der Waals surface area contributed by atoms with E-state index in [1.54, 1.807) is 13.0 Å². The molecule has 0 saturated heterocycles. The molecule has 6 heteroatoms. The summed E-state index contributed by atoms with van der Waals surface area (Å²) in [5.41, 5.74) is 2.30. The van der Waals surface area contributed by atoms with Crippen LogP contribution >= 0.6 is 0 Å². The number of carbonyl (C=O) groups is 1. The van der Waals surface area contributed by atoms with Crippen LogP contribution in [0.3, 0.4) is 0 Å². The first kappa shape index (κ1) is 15.6. The molecule has 1 aromatic heterocycles. The molecule has 0 saturated carbocycles. The van der Waals surface area contributed by atoms with E-state index < -0.39 is 0 Å². The van der Waals surface area contributed by atoms with E-state index in [0.29, 0.717) is 18.1 Å². The van der Waals surface area contributed by atoms with Crippen molar-refractivity contribution in [3.05, 3.63) is 77.6 Å². The van der Waals surface area contributed by atoms with E-state index in [9.17, 15) is 4.79 Å². The summed E-state index contributed by atoms with van der Waals surface area (Å²) in [5.74, 6) is 0.310. The highest BCUT2D eigenvalue weighted by Gasteiger charge is 2.15. The van der Waals surface area contributed by atoms with Crippen LogP contribution in [0.4, 0.5) is 0 Å². The summed E-state index contributed by atoms with van der Waals surface area (Å²) < 4.78 is 1.44. The SMILES string of the molecule is Cc1nnnn1C(=Cc1ccccc1)C(=O)NCc1ccccc1. The average molecular weight is 319 g/mol. The van der Waals surface area contributed by atoms with Gasteiger partial charge < -0.3 is 5.32 Å². The molecule has 2 aromatic carbocycles. The van der Waals surface area contributed by atoms with Crippen LogP contribution < -0.4 is 5.32 Å². The molecule has 6 nitrogen and oxygen atoms in total. The Balaban J connectivity index is 1.86. The van der Waals surface area contributed by atoms with Crippen molar-refractivity contribution in [2.24, 2.45) is 0 Å². The van der Waals surface area contributed by atoms with Gasteiger partial charge in [0.1, 0.15) is 5.70 Å². The molecule has 0 unspecified atom stereocenters. The zero-order chi connectivity index (χ0) is 16.8. The molecule has 0 aliphatic heterocycles. The number of carbonyl (C=O) groups excluding carboxylic acids is 1. The second-order valence-electron chi connectivity index (χ2n) is 5.25. The number of nitrogens with zero attached hydrogens (tertiary/aromatic N) is 4. The van der Waals surface area contributed by atoms with Gasteiger partial charge in [-0.05, 0) is 34.6 Å². The lowest BCUT2D eigenvalue weighted by Gasteiger charge is -2.10. The smallest absolute Gasteiger partial charge is 0.270 e. The summed E-state index contributed by atoms with van der Waals surface area (Å²) in [6, 6.07) is 19.3. The number of aromatic nitrogens is 4. The van der Waals surface area contributed by atoms with E-state index in [2.05, 4.69) is 20.8 Å². The molecule has 0 aliphatic carbocycles. The standard InChI is InChI=1S/C18H17N5O/c1-14-20-21-22-23(14)17(12-15-8-4-2-5-9-15)18(24)19-13-16-10-6-3-7-11-16/h2-12H,13H2,1H3,(H,19,24). The zero-order valence-electron chi connectivity index (χ0n) is 13.3. The summed E-state index contributed by atoms with van der Waals surface area (Å²) in [5, 5.41) is 14.3. The Hall–Kier alpha value is -3.28. The Kier molecular flexibility index (Phi) is 4.76. The van der Waals surface area contributed by atoms with Crippen molar-refractivity contribution >= 4 is 17.7 Å². The monoisotopic (exact) mass is 319 g/mol. The van der Waals surface area contributed by atoms with Crippen LogP contribution in [0, 0.1) is 6.92 Å². The minimum atomic E-state index is -0.238. The Morgan fingerprint density at radius 3 is 2.38 bits per heavy atom. The largest absolute Gasteiger partial charge is 0.347 e. The predicted octanol–water partition coefficient (Wildman–Crippen LogP) is 2.30. The van der Waals surface area contributed by atoms with Gasteiger partial charge in [-0.3, -0.25) is 4.79 Å². The lowest BCUT2D eigenvalue weighted by atomic mass is 10.2. The maximum Gasteiger partial charge on any atom is 0.270 e. The number of rotatable bonds is 5. The first-order valence-electron chi connectivity index (χ1n) is 7.58. The van der Waals surface area contributed by atoms with E-state index >= 15 is 0 Å². The fourth-order valence-corrected chi connectivity index (χ4v) is 2.25. The van der Waals surface area contributed by atoms with Crippen LogP contribution in [0.1, 0.15) is 17.0 Å². The second-order valence-corrected chi connectivity index (χ2v) is 5.25. The molecule has 1 N–H and O–H groups in total. The van der Waals surface area contributed by atoms with Crippen molar-refractivity contribution in [3.8, 4) is 0 Å². The number of benzene rings is 2. The van der Waals surface area contributed by atoms with Gasteiger partial charge in [-0.25, -0.2) is 0 Å². The van der Waals surface area contributed by atoms with Gasteiger partial charge in [-0.2, -0.15) is 4.68 Å². The molecular weight excluding hydrogens is 302 g/mol. The molecule has 24 heavy (non-hydrogen) atoms. The molecule has 0 radical (unpaired) electrons. The third-order valence-electron chi connectivity index (χ3n) is 3.49. The van der Waals surface area contributed by atoms with Crippen LogP contribution in [-0.2, 0) is 11.3 Å². The van der Waals surface area contributed by atoms with E-state index in [1.165, 1.54) is 4.68 Å². The predicted molar refractivity (Wildman–Crippen MR) is 91.5 cm³/mol.